The third-order valence-electron chi connectivity index (χ3n) is 3.87. The van der Waals surface area contributed by atoms with Gasteiger partial charge < -0.3 is 10.1 Å². The van der Waals surface area contributed by atoms with Crippen molar-refractivity contribution in [3.63, 3.8) is 0 Å². The van der Waals surface area contributed by atoms with Crippen LogP contribution in [-0.4, -0.2) is 30.3 Å². The van der Waals surface area contributed by atoms with Gasteiger partial charge in [-0.2, -0.15) is 0 Å². The Hall–Kier alpha value is -2.15. The van der Waals surface area contributed by atoms with E-state index in [9.17, 15) is 9.59 Å². The summed E-state index contributed by atoms with van der Waals surface area (Å²) in [5.74, 6) is 1.73. The molecule has 144 valence electrons. The number of anilines is 1. The Morgan fingerprint density at radius 1 is 1.04 bits per heavy atom. The normalized spacial score (nSPS) is 13.6. The number of benzene rings is 2. The van der Waals surface area contributed by atoms with Crippen molar-refractivity contribution in [1.82, 2.24) is 0 Å². The number of nitrogens with one attached hydrogen (secondary N) is 1. The van der Waals surface area contributed by atoms with Gasteiger partial charge in [0.05, 0.1) is 11.3 Å². The van der Waals surface area contributed by atoms with Crippen LogP contribution in [0.5, 0.6) is 5.75 Å². The zero-order chi connectivity index (χ0) is 19.9. The van der Waals surface area contributed by atoms with Crippen LogP contribution in [0.2, 0.25) is 5.02 Å². The van der Waals surface area contributed by atoms with Gasteiger partial charge in [0.25, 0.3) is 5.91 Å². The minimum absolute atomic E-state index is 0.175. The van der Waals surface area contributed by atoms with Crippen molar-refractivity contribution in [2.75, 3.05) is 23.9 Å². The lowest BCUT2D eigenvalue weighted by atomic mass is 10.1. The van der Waals surface area contributed by atoms with Crippen molar-refractivity contribution >= 4 is 58.6 Å². The van der Waals surface area contributed by atoms with Crippen molar-refractivity contribution in [2.45, 2.75) is 0 Å². The van der Waals surface area contributed by atoms with E-state index in [-0.39, 0.29) is 11.4 Å². The molecule has 1 saturated heterocycles. The van der Waals surface area contributed by atoms with Crippen LogP contribution in [-0.2, 0) is 9.59 Å². The van der Waals surface area contributed by atoms with Crippen molar-refractivity contribution in [3.05, 3.63) is 75.0 Å². The number of hydrogen-bond donors (Lipinski definition) is 1. The molecular weight excluding hydrogens is 414 g/mol. The number of hydrogen-bond acceptors (Lipinski definition) is 5. The fourth-order valence-electron chi connectivity index (χ4n) is 2.46. The quantitative estimate of drug-likeness (QED) is 0.384. The number of amides is 1. The molecule has 1 N–H and O–H groups in total. The zero-order valence-electron chi connectivity index (χ0n) is 15.1. The van der Waals surface area contributed by atoms with Gasteiger partial charge in [0, 0.05) is 22.2 Å². The number of thioether (sulfide) groups is 2. The minimum Gasteiger partial charge on any atom is -0.497 e. The first-order chi connectivity index (χ1) is 13.6. The summed E-state index contributed by atoms with van der Waals surface area (Å²) in [6, 6.07) is 14.1. The zero-order valence-corrected chi connectivity index (χ0v) is 17.5. The highest BCUT2D eigenvalue weighted by molar-refractivity contribution is 8.25. The number of ketones is 1. The minimum atomic E-state index is -0.409. The standard InChI is InChI=1S/C21H18ClNO3S2/c1-26-17-9-7-16(8-10-17)23-20(25)19(21-27-12-13-28-21)18(24)11-4-14-2-5-15(22)6-3-14/h2-11H,12-13H2,1H3,(H,23,25)/b11-4+. The second kappa shape index (κ2) is 9.87. The molecule has 2 aromatic carbocycles. The lowest BCUT2D eigenvalue weighted by Crippen LogP contribution is -2.20. The lowest BCUT2D eigenvalue weighted by molar-refractivity contribution is -0.117. The van der Waals surface area contributed by atoms with E-state index in [1.165, 1.54) is 29.6 Å². The Morgan fingerprint density at radius 3 is 2.29 bits per heavy atom. The molecule has 1 aliphatic heterocycles. The molecule has 0 aliphatic carbocycles. The molecule has 0 aromatic heterocycles. The highest BCUT2D eigenvalue weighted by atomic mass is 35.5. The molecule has 1 amide bonds. The third-order valence-corrected chi connectivity index (χ3v) is 6.84. The Kier molecular flexibility index (Phi) is 7.25. The van der Waals surface area contributed by atoms with E-state index in [0.717, 1.165) is 21.3 Å². The maximum atomic E-state index is 12.9. The first-order valence-electron chi connectivity index (χ1n) is 8.50. The average Bonchev–Trinajstić information content (AvgIpc) is 3.22. The van der Waals surface area contributed by atoms with Crippen LogP contribution >= 0.6 is 35.1 Å². The fraction of sp³-hybridized carbons (Fsp3) is 0.143. The first kappa shape index (κ1) is 20.6. The number of allylic oxidation sites excluding steroid dienone is 1. The van der Waals surface area contributed by atoms with Crippen LogP contribution in [0.1, 0.15) is 5.56 Å². The summed E-state index contributed by atoms with van der Waals surface area (Å²) < 4.78 is 5.88. The maximum Gasteiger partial charge on any atom is 0.261 e. The van der Waals surface area contributed by atoms with Crippen molar-refractivity contribution < 1.29 is 14.3 Å². The van der Waals surface area contributed by atoms with Crippen LogP contribution in [0.25, 0.3) is 6.08 Å². The van der Waals surface area contributed by atoms with Crippen LogP contribution in [0.15, 0.2) is 64.4 Å². The Balaban J connectivity index is 1.80. The number of carbonyl (C=O) groups is 2. The predicted octanol–water partition coefficient (Wildman–Crippen LogP) is 5.26. The smallest absolute Gasteiger partial charge is 0.261 e. The molecule has 28 heavy (non-hydrogen) atoms. The number of ether oxygens (including phenoxy) is 1. The molecule has 7 heteroatoms. The first-order valence-corrected chi connectivity index (χ1v) is 10.8. The molecule has 4 nitrogen and oxygen atoms in total. The van der Waals surface area contributed by atoms with Gasteiger partial charge in [-0.05, 0) is 48.0 Å². The Bertz CT molecular complexity index is 914. The molecule has 0 unspecified atom stereocenters. The summed E-state index contributed by atoms with van der Waals surface area (Å²) in [6.45, 7) is 0. The van der Waals surface area contributed by atoms with Gasteiger partial charge in [-0.1, -0.05) is 29.8 Å². The number of methoxy groups -OCH3 is 1. The molecule has 2 aromatic rings. The van der Waals surface area contributed by atoms with Crippen LogP contribution in [0.3, 0.4) is 0 Å². The third kappa shape index (κ3) is 5.44. The molecule has 0 radical (unpaired) electrons. The molecule has 1 fully saturated rings. The average molecular weight is 432 g/mol. The van der Waals surface area contributed by atoms with E-state index in [2.05, 4.69) is 5.32 Å². The molecular formula is C21H18ClNO3S2. The van der Waals surface area contributed by atoms with Gasteiger partial charge in [0.2, 0.25) is 0 Å². The fourth-order valence-corrected chi connectivity index (χ4v) is 5.13. The predicted molar refractivity (Wildman–Crippen MR) is 119 cm³/mol. The van der Waals surface area contributed by atoms with Gasteiger partial charge in [-0.15, -0.1) is 23.5 Å². The summed E-state index contributed by atoms with van der Waals surface area (Å²) in [7, 11) is 1.58. The summed E-state index contributed by atoms with van der Waals surface area (Å²) >= 11 is 8.96. The summed E-state index contributed by atoms with van der Waals surface area (Å²) in [5.41, 5.74) is 1.62. The van der Waals surface area contributed by atoms with Crippen LogP contribution in [0.4, 0.5) is 5.69 Å². The van der Waals surface area contributed by atoms with E-state index in [1.54, 1.807) is 49.6 Å². The van der Waals surface area contributed by atoms with Gasteiger partial charge in [0.1, 0.15) is 11.3 Å². The van der Waals surface area contributed by atoms with E-state index >= 15 is 0 Å². The second-order valence-electron chi connectivity index (χ2n) is 5.79. The summed E-state index contributed by atoms with van der Waals surface area (Å²) in [5, 5.41) is 3.43. The molecule has 1 heterocycles. The van der Waals surface area contributed by atoms with Gasteiger partial charge in [-0.25, -0.2) is 0 Å². The Morgan fingerprint density at radius 2 is 1.68 bits per heavy atom. The van der Waals surface area contributed by atoms with Crippen molar-refractivity contribution in [3.8, 4) is 5.75 Å². The van der Waals surface area contributed by atoms with Gasteiger partial charge in [-0.3, -0.25) is 9.59 Å². The molecule has 0 saturated carbocycles. The van der Waals surface area contributed by atoms with E-state index < -0.39 is 5.91 Å². The lowest BCUT2D eigenvalue weighted by Gasteiger charge is -2.10. The van der Waals surface area contributed by atoms with Gasteiger partial charge >= 0.3 is 0 Å². The van der Waals surface area contributed by atoms with Crippen molar-refractivity contribution in [2.24, 2.45) is 0 Å². The highest BCUT2D eigenvalue weighted by Gasteiger charge is 2.25. The van der Waals surface area contributed by atoms with E-state index in [4.69, 9.17) is 16.3 Å². The molecule has 0 bridgehead atoms. The molecule has 0 atom stereocenters. The van der Waals surface area contributed by atoms with Crippen LogP contribution in [0, 0.1) is 0 Å². The monoisotopic (exact) mass is 431 g/mol. The Labute approximate surface area is 177 Å². The van der Waals surface area contributed by atoms with E-state index in [0.29, 0.717) is 16.5 Å². The summed E-state index contributed by atoms with van der Waals surface area (Å²) in [6.07, 6.45) is 3.11. The SMILES string of the molecule is COc1ccc(NC(=O)C(C(=O)/C=C/c2ccc(Cl)cc2)=C2SCCS2)cc1. The number of rotatable bonds is 6. The number of halogens is 1. The van der Waals surface area contributed by atoms with Gasteiger partial charge in [0.15, 0.2) is 5.78 Å². The largest absolute Gasteiger partial charge is 0.497 e. The molecule has 1 aliphatic rings. The molecule has 3 rings (SSSR count). The molecule has 0 spiro atoms. The van der Waals surface area contributed by atoms with Crippen LogP contribution < -0.4 is 10.1 Å². The highest BCUT2D eigenvalue weighted by Crippen LogP contribution is 2.39. The second-order valence-corrected chi connectivity index (χ2v) is 8.70. The van der Waals surface area contributed by atoms with Crippen molar-refractivity contribution in [1.29, 1.82) is 0 Å². The summed E-state index contributed by atoms with van der Waals surface area (Å²) in [4.78, 5) is 25.7. The maximum absolute atomic E-state index is 12.9. The topological polar surface area (TPSA) is 55.4 Å². The van der Waals surface area contributed by atoms with E-state index in [1.807, 2.05) is 12.1 Å². The number of carbonyl (C=O) groups excluding carboxylic acids is 2.